The number of carbonyl (C=O) groups is 1. The van der Waals surface area contributed by atoms with Crippen molar-refractivity contribution in [3.8, 4) is 17.6 Å². The van der Waals surface area contributed by atoms with E-state index in [0.29, 0.717) is 6.54 Å². The minimum absolute atomic E-state index is 0.162. The highest BCUT2D eigenvalue weighted by Crippen LogP contribution is 2.12. The van der Waals surface area contributed by atoms with E-state index in [4.69, 9.17) is 9.47 Å². The zero-order valence-electron chi connectivity index (χ0n) is 12.3. The predicted octanol–water partition coefficient (Wildman–Crippen LogP) is 2.08. The van der Waals surface area contributed by atoms with E-state index >= 15 is 0 Å². The molecule has 0 aliphatic heterocycles. The summed E-state index contributed by atoms with van der Waals surface area (Å²) in [5, 5.41) is 0. The van der Waals surface area contributed by atoms with E-state index in [1.807, 2.05) is 24.3 Å². The molecule has 0 heterocycles. The third-order valence-corrected chi connectivity index (χ3v) is 2.79. The van der Waals surface area contributed by atoms with Crippen LogP contribution < -0.4 is 4.74 Å². The van der Waals surface area contributed by atoms with Gasteiger partial charge in [-0.3, -0.25) is 9.69 Å². The minimum Gasteiger partial charge on any atom is -0.497 e. The lowest BCUT2D eigenvalue weighted by Crippen LogP contribution is -2.23. The van der Waals surface area contributed by atoms with E-state index in [0.717, 1.165) is 18.8 Å². The zero-order valence-corrected chi connectivity index (χ0v) is 12.3. The zero-order chi connectivity index (χ0) is 14.8. The summed E-state index contributed by atoms with van der Waals surface area (Å²) in [6.07, 6.45) is 0. The van der Waals surface area contributed by atoms with Gasteiger partial charge < -0.3 is 9.47 Å². The Balaban J connectivity index is 2.43. The largest absolute Gasteiger partial charge is 0.497 e. The summed E-state index contributed by atoms with van der Waals surface area (Å²) in [7, 11) is 1.66. The Bertz CT molecular complexity index is 471. The molecule has 108 valence electrons. The van der Waals surface area contributed by atoms with Crippen molar-refractivity contribution in [1.29, 1.82) is 0 Å². The summed E-state index contributed by atoms with van der Waals surface area (Å²) in [6, 6.07) is 8.01. The summed E-state index contributed by atoms with van der Waals surface area (Å²) in [5.74, 6) is 6.40. The molecule has 4 nitrogen and oxygen atoms in total. The Morgan fingerprint density at radius 1 is 1.25 bits per heavy atom. The van der Waals surface area contributed by atoms with Crippen molar-refractivity contribution < 1.29 is 14.3 Å². The maximum Gasteiger partial charge on any atom is 0.303 e. The fourth-order valence-electron chi connectivity index (χ4n) is 1.63. The van der Waals surface area contributed by atoms with Gasteiger partial charge in [0.15, 0.2) is 6.61 Å². The van der Waals surface area contributed by atoms with Crippen LogP contribution in [0, 0.1) is 11.8 Å². The summed E-state index contributed by atoms with van der Waals surface area (Å²) in [5.41, 5.74) is 1.22. The fraction of sp³-hybridized carbons (Fsp3) is 0.438. The summed E-state index contributed by atoms with van der Waals surface area (Å²) in [6.45, 7) is 6.04. The number of ether oxygens (including phenoxy) is 2. The van der Waals surface area contributed by atoms with Gasteiger partial charge in [-0.25, -0.2) is 0 Å². The van der Waals surface area contributed by atoms with Crippen LogP contribution in [0.4, 0.5) is 0 Å². The highest BCUT2D eigenvalue weighted by Gasteiger charge is 2.02. The maximum atomic E-state index is 10.6. The lowest BCUT2D eigenvalue weighted by Gasteiger charge is -2.17. The van der Waals surface area contributed by atoms with E-state index in [9.17, 15) is 4.79 Å². The number of esters is 1. The second kappa shape index (κ2) is 9.00. The number of carbonyl (C=O) groups excluding carboxylic acids is 1. The molecule has 4 heteroatoms. The number of rotatable bonds is 6. The van der Waals surface area contributed by atoms with Gasteiger partial charge in [0.1, 0.15) is 5.75 Å². The van der Waals surface area contributed by atoms with E-state index in [2.05, 4.69) is 23.7 Å². The topological polar surface area (TPSA) is 38.8 Å². The van der Waals surface area contributed by atoms with Gasteiger partial charge in [0, 0.05) is 13.5 Å². The van der Waals surface area contributed by atoms with Gasteiger partial charge in [0.05, 0.1) is 13.7 Å². The molecule has 0 saturated heterocycles. The number of hydrogen-bond acceptors (Lipinski definition) is 4. The highest BCUT2D eigenvalue weighted by molar-refractivity contribution is 5.66. The molecule has 0 radical (unpaired) electrons. The molecule has 20 heavy (non-hydrogen) atoms. The first kappa shape index (κ1) is 16.1. The molecule has 0 fully saturated rings. The van der Waals surface area contributed by atoms with Crippen LogP contribution in [0.15, 0.2) is 24.3 Å². The smallest absolute Gasteiger partial charge is 0.303 e. The predicted molar refractivity (Wildman–Crippen MR) is 78.4 cm³/mol. The van der Waals surface area contributed by atoms with Gasteiger partial charge in [-0.1, -0.05) is 30.9 Å². The Labute approximate surface area is 120 Å². The van der Waals surface area contributed by atoms with Crippen LogP contribution >= 0.6 is 0 Å². The monoisotopic (exact) mass is 275 g/mol. The molecule has 0 amide bonds. The lowest BCUT2D eigenvalue weighted by atomic mass is 10.2. The Hall–Kier alpha value is -1.99. The molecular formula is C16H21NO3. The van der Waals surface area contributed by atoms with Gasteiger partial charge in [-0.05, 0) is 24.2 Å². The van der Waals surface area contributed by atoms with Crippen molar-refractivity contribution in [3.05, 3.63) is 29.8 Å². The third kappa shape index (κ3) is 6.26. The number of nitrogens with zero attached hydrogens (tertiary/aromatic N) is 1. The second-order valence-corrected chi connectivity index (χ2v) is 4.29. The van der Waals surface area contributed by atoms with Gasteiger partial charge in [-0.2, -0.15) is 0 Å². The molecule has 1 aromatic carbocycles. The fourth-order valence-corrected chi connectivity index (χ4v) is 1.63. The average Bonchev–Trinajstić information content (AvgIpc) is 2.46. The molecular weight excluding hydrogens is 254 g/mol. The molecule has 0 unspecified atom stereocenters. The van der Waals surface area contributed by atoms with Crippen LogP contribution in [0.25, 0.3) is 0 Å². The first-order valence-corrected chi connectivity index (χ1v) is 6.60. The molecule has 0 spiro atoms. The number of benzene rings is 1. The van der Waals surface area contributed by atoms with Crippen LogP contribution in [0.3, 0.4) is 0 Å². The van der Waals surface area contributed by atoms with Crippen LogP contribution in [0.2, 0.25) is 0 Å². The molecule has 0 atom stereocenters. The Morgan fingerprint density at radius 3 is 2.50 bits per heavy atom. The SMILES string of the molecule is CCN(CC#CCOC(C)=O)Cc1ccc(OC)cc1. The van der Waals surface area contributed by atoms with E-state index in [1.165, 1.54) is 12.5 Å². The summed E-state index contributed by atoms with van der Waals surface area (Å²) < 4.78 is 9.89. The average molecular weight is 275 g/mol. The molecule has 0 aliphatic rings. The molecule has 0 saturated carbocycles. The van der Waals surface area contributed by atoms with Crippen molar-refractivity contribution in [1.82, 2.24) is 4.90 Å². The molecule has 0 bridgehead atoms. The van der Waals surface area contributed by atoms with Gasteiger partial charge in [-0.15, -0.1) is 0 Å². The Morgan fingerprint density at radius 2 is 1.95 bits per heavy atom. The number of hydrogen-bond donors (Lipinski definition) is 0. The van der Waals surface area contributed by atoms with Crippen LogP contribution in [0.5, 0.6) is 5.75 Å². The first-order chi connectivity index (χ1) is 9.65. The van der Waals surface area contributed by atoms with Crippen LogP contribution in [-0.2, 0) is 16.1 Å². The molecule has 0 aromatic heterocycles. The summed E-state index contributed by atoms with van der Waals surface area (Å²) >= 11 is 0. The van der Waals surface area contributed by atoms with Crippen molar-refractivity contribution in [2.75, 3.05) is 26.8 Å². The molecule has 0 N–H and O–H groups in total. The van der Waals surface area contributed by atoms with E-state index in [-0.39, 0.29) is 12.6 Å². The molecule has 1 aromatic rings. The van der Waals surface area contributed by atoms with E-state index < -0.39 is 0 Å². The highest BCUT2D eigenvalue weighted by atomic mass is 16.5. The number of methoxy groups -OCH3 is 1. The molecule has 1 rings (SSSR count). The van der Waals surface area contributed by atoms with Crippen LogP contribution in [0.1, 0.15) is 19.4 Å². The standard InChI is InChI=1S/C16H21NO3/c1-4-17(11-5-6-12-20-14(2)18)13-15-7-9-16(19-3)10-8-15/h7-10H,4,11-13H2,1-3H3. The van der Waals surface area contributed by atoms with Gasteiger partial charge >= 0.3 is 5.97 Å². The second-order valence-electron chi connectivity index (χ2n) is 4.29. The van der Waals surface area contributed by atoms with Gasteiger partial charge in [0.25, 0.3) is 0 Å². The normalized spacial score (nSPS) is 9.80. The quantitative estimate of drug-likeness (QED) is 0.588. The van der Waals surface area contributed by atoms with E-state index in [1.54, 1.807) is 7.11 Å². The first-order valence-electron chi connectivity index (χ1n) is 6.60. The Kier molecular flexibility index (Phi) is 7.23. The van der Waals surface area contributed by atoms with Gasteiger partial charge in [0.2, 0.25) is 0 Å². The van der Waals surface area contributed by atoms with Crippen molar-refractivity contribution in [3.63, 3.8) is 0 Å². The van der Waals surface area contributed by atoms with Crippen molar-refractivity contribution in [2.24, 2.45) is 0 Å². The van der Waals surface area contributed by atoms with Crippen molar-refractivity contribution in [2.45, 2.75) is 20.4 Å². The lowest BCUT2D eigenvalue weighted by molar-refractivity contribution is -0.139. The summed E-state index contributed by atoms with van der Waals surface area (Å²) in [4.78, 5) is 12.8. The molecule has 0 aliphatic carbocycles. The van der Waals surface area contributed by atoms with Crippen molar-refractivity contribution >= 4 is 5.97 Å². The van der Waals surface area contributed by atoms with Crippen LogP contribution in [-0.4, -0.2) is 37.7 Å². The minimum atomic E-state index is -0.301. The third-order valence-electron chi connectivity index (χ3n) is 2.79. The maximum absolute atomic E-state index is 10.6.